The van der Waals surface area contributed by atoms with Crippen LogP contribution in [0.2, 0.25) is 0 Å². The molecule has 4 nitrogen and oxygen atoms in total. The number of nitrogens with one attached hydrogen (secondary N) is 1. The van der Waals surface area contributed by atoms with Crippen LogP contribution in [0.4, 0.5) is 4.39 Å². The van der Waals surface area contributed by atoms with Crippen molar-refractivity contribution < 1.29 is 9.18 Å². The van der Waals surface area contributed by atoms with Gasteiger partial charge >= 0.3 is 0 Å². The van der Waals surface area contributed by atoms with Crippen molar-refractivity contribution in [3.8, 4) is 0 Å². The van der Waals surface area contributed by atoms with Gasteiger partial charge in [-0.15, -0.1) is 0 Å². The largest absolute Gasteiger partial charge is 0.348 e. The van der Waals surface area contributed by atoms with Crippen molar-refractivity contribution in [2.45, 2.75) is 32.9 Å². The minimum Gasteiger partial charge on any atom is -0.348 e. The lowest BCUT2D eigenvalue weighted by Crippen LogP contribution is -2.33. The Morgan fingerprint density at radius 1 is 1.23 bits per heavy atom. The first-order valence-corrected chi connectivity index (χ1v) is 7.23. The second-order valence-corrected chi connectivity index (χ2v) is 5.20. The molecule has 22 heavy (non-hydrogen) atoms. The summed E-state index contributed by atoms with van der Waals surface area (Å²) < 4.78 is 14.2. The van der Waals surface area contributed by atoms with E-state index in [1.165, 1.54) is 5.56 Å². The Morgan fingerprint density at radius 2 is 1.91 bits per heavy atom. The summed E-state index contributed by atoms with van der Waals surface area (Å²) in [7, 11) is 0. The number of amides is 1. The monoisotopic (exact) mass is 302 g/mol. The molecule has 2 rings (SSSR count). The summed E-state index contributed by atoms with van der Waals surface area (Å²) in [6.07, 6.45) is 1.99. The molecule has 0 spiro atoms. The molecule has 0 fully saturated rings. The van der Waals surface area contributed by atoms with E-state index in [2.05, 4.69) is 12.2 Å². The number of pyridine rings is 1. The molecule has 1 atom stereocenters. The average molecular weight is 302 g/mol. The molecule has 2 aromatic rings. The SMILES string of the molecule is CCc1ccc(C(C)NC(=O)Cn2cc(F)ccc2=O)cc1. The molecule has 0 radical (unpaired) electrons. The molecule has 1 aromatic carbocycles. The van der Waals surface area contributed by atoms with Crippen molar-refractivity contribution >= 4 is 5.91 Å². The zero-order valence-corrected chi connectivity index (χ0v) is 12.7. The van der Waals surface area contributed by atoms with E-state index in [1.54, 1.807) is 0 Å². The maximum Gasteiger partial charge on any atom is 0.251 e. The minimum atomic E-state index is -0.546. The Balaban J connectivity index is 2.01. The molecule has 116 valence electrons. The van der Waals surface area contributed by atoms with Crippen molar-refractivity contribution in [1.82, 2.24) is 9.88 Å². The molecule has 0 aliphatic heterocycles. The smallest absolute Gasteiger partial charge is 0.251 e. The van der Waals surface area contributed by atoms with Crippen LogP contribution in [0.25, 0.3) is 0 Å². The summed E-state index contributed by atoms with van der Waals surface area (Å²) in [5.41, 5.74) is 1.81. The molecule has 0 saturated carbocycles. The number of hydrogen-bond acceptors (Lipinski definition) is 2. The fourth-order valence-electron chi connectivity index (χ4n) is 2.19. The number of rotatable bonds is 5. The number of carbonyl (C=O) groups is 1. The van der Waals surface area contributed by atoms with Crippen molar-refractivity contribution in [3.05, 3.63) is 69.9 Å². The quantitative estimate of drug-likeness (QED) is 0.922. The zero-order chi connectivity index (χ0) is 16.1. The first-order chi connectivity index (χ1) is 10.5. The molecule has 0 aliphatic rings. The maximum atomic E-state index is 13.1. The topological polar surface area (TPSA) is 51.1 Å². The second kappa shape index (κ2) is 7.02. The van der Waals surface area contributed by atoms with Gasteiger partial charge in [-0.25, -0.2) is 4.39 Å². The number of aromatic nitrogens is 1. The van der Waals surface area contributed by atoms with Crippen LogP contribution in [0.5, 0.6) is 0 Å². The lowest BCUT2D eigenvalue weighted by molar-refractivity contribution is -0.122. The van der Waals surface area contributed by atoms with Crippen LogP contribution < -0.4 is 10.9 Å². The van der Waals surface area contributed by atoms with Gasteiger partial charge in [0.1, 0.15) is 12.4 Å². The molecule has 1 aromatic heterocycles. The summed E-state index contributed by atoms with van der Waals surface area (Å²) in [6.45, 7) is 3.75. The second-order valence-electron chi connectivity index (χ2n) is 5.20. The van der Waals surface area contributed by atoms with Crippen LogP contribution >= 0.6 is 0 Å². The minimum absolute atomic E-state index is 0.178. The van der Waals surface area contributed by atoms with Crippen LogP contribution in [0.1, 0.15) is 31.0 Å². The van der Waals surface area contributed by atoms with Crippen LogP contribution in [-0.2, 0) is 17.8 Å². The Morgan fingerprint density at radius 3 is 2.55 bits per heavy atom. The molecule has 1 amide bonds. The third-order valence-corrected chi connectivity index (χ3v) is 3.53. The fourth-order valence-corrected chi connectivity index (χ4v) is 2.19. The van der Waals surface area contributed by atoms with Gasteiger partial charge in [0.25, 0.3) is 5.56 Å². The van der Waals surface area contributed by atoms with Crippen molar-refractivity contribution in [3.63, 3.8) is 0 Å². The molecular weight excluding hydrogens is 283 g/mol. The normalized spacial score (nSPS) is 12.0. The van der Waals surface area contributed by atoms with Crippen LogP contribution in [0.15, 0.2) is 47.4 Å². The highest BCUT2D eigenvalue weighted by atomic mass is 19.1. The summed E-state index contributed by atoms with van der Waals surface area (Å²) in [6, 6.07) is 9.99. The average Bonchev–Trinajstić information content (AvgIpc) is 2.51. The van der Waals surface area contributed by atoms with E-state index < -0.39 is 11.4 Å². The van der Waals surface area contributed by atoms with E-state index in [9.17, 15) is 14.0 Å². The Kier molecular flexibility index (Phi) is 5.09. The summed E-state index contributed by atoms with van der Waals surface area (Å²) in [5.74, 6) is -0.879. The predicted octanol–water partition coefficient (Wildman–Crippen LogP) is 2.43. The molecule has 1 heterocycles. The van der Waals surface area contributed by atoms with E-state index in [-0.39, 0.29) is 18.5 Å². The van der Waals surface area contributed by atoms with Crippen LogP contribution in [0.3, 0.4) is 0 Å². The number of hydrogen-bond donors (Lipinski definition) is 1. The van der Waals surface area contributed by atoms with Crippen molar-refractivity contribution in [1.29, 1.82) is 0 Å². The third kappa shape index (κ3) is 4.04. The van der Waals surface area contributed by atoms with Gasteiger partial charge in [0.05, 0.1) is 6.04 Å². The van der Waals surface area contributed by atoms with Gasteiger partial charge in [0.2, 0.25) is 5.91 Å². The lowest BCUT2D eigenvalue weighted by Gasteiger charge is -2.15. The van der Waals surface area contributed by atoms with E-state index in [0.29, 0.717) is 0 Å². The first kappa shape index (κ1) is 15.9. The van der Waals surface area contributed by atoms with E-state index in [0.717, 1.165) is 34.9 Å². The zero-order valence-electron chi connectivity index (χ0n) is 12.7. The molecule has 0 saturated heterocycles. The van der Waals surface area contributed by atoms with Gasteiger partial charge in [-0.05, 0) is 30.5 Å². The van der Waals surface area contributed by atoms with E-state index in [1.807, 2.05) is 31.2 Å². The molecule has 1 N–H and O–H groups in total. The summed E-state index contributed by atoms with van der Waals surface area (Å²) in [5, 5.41) is 2.81. The van der Waals surface area contributed by atoms with E-state index in [4.69, 9.17) is 0 Å². The number of aryl methyl sites for hydroxylation is 1. The standard InChI is InChI=1S/C17H19FN2O2/c1-3-13-4-6-14(7-5-13)12(2)19-16(21)11-20-10-15(18)8-9-17(20)22/h4-10,12H,3,11H2,1-2H3,(H,19,21). The van der Waals surface area contributed by atoms with Gasteiger partial charge in [-0.3, -0.25) is 9.59 Å². The molecule has 1 unspecified atom stereocenters. The number of halogens is 1. The Hall–Kier alpha value is -2.43. The summed E-state index contributed by atoms with van der Waals surface area (Å²) in [4.78, 5) is 23.5. The Bertz CT molecular complexity index is 707. The molecule has 0 aliphatic carbocycles. The predicted molar refractivity (Wildman–Crippen MR) is 83.0 cm³/mol. The lowest BCUT2D eigenvalue weighted by atomic mass is 10.1. The number of carbonyl (C=O) groups excluding carboxylic acids is 1. The van der Waals surface area contributed by atoms with Crippen LogP contribution in [-0.4, -0.2) is 10.5 Å². The van der Waals surface area contributed by atoms with Gasteiger partial charge < -0.3 is 9.88 Å². The highest BCUT2D eigenvalue weighted by Crippen LogP contribution is 2.13. The first-order valence-electron chi connectivity index (χ1n) is 7.23. The number of nitrogens with zero attached hydrogens (tertiary/aromatic N) is 1. The fraction of sp³-hybridized carbons (Fsp3) is 0.294. The van der Waals surface area contributed by atoms with Gasteiger partial charge in [0.15, 0.2) is 0 Å². The summed E-state index contributed by atoms with van der Waals surface area (Å²) >= 11 is 0. The van der Waals surface area contributed by atoms with Crippen molar-refractivity contribution in [2.24, 2.45) is 0 Å². The maximum absolute atomic E-state index is 13.1. The Labute approximate surface area is 128 Å². The van der Waals surface area contributed by atoms with Crippen LogP contribution in [0, 0.1) is 5.82 Å². The molecule has 5 heteroatoms. The molecular formula is C17H19FN2O2. The van der Waals surface area contributed by atoms with Gasteiger partial charge in [-0.1, -0.05) is 31.2 Å². The van der Waals surface area contributed by atoms with E-state index >= 15 is 0 Å². The van der Waals surface area contributed by atoms with Gasteiger partial charge in [-0.2, -0.15) is 0 Å². The number of benzene rings is 1. The molecule has 0 bridgehead atoms. The third-order valence-electron chi connectivity index (χ3n) is 3.53. The highest BCUT2D eigenvalue weighted by Gasteiger charge is 2.11. The van der Waals surface area contributed by atoms with Gasteiger partial charge in [0, 0.05) is 12.3 Å². The van der Waals surface area contributed by atoms with Crippen molar-refractivity contribution in [2.75, 3.05) is 0 Å². The highest BCUT2D eigenvalue weighted by molar-refractivity contribution is 5.76.